The van der Waals surface area contributed by atoms with Gasteiger partial charge in [-0.1, -0.05) is 60.3 Å². The highest BCUT2D eigenvalue weighted by Gasteiger charge is 2.19. The van der Waals surface area contributed by atoms with Crippen molar-refractivity contribution in [3.05, 3.63) is 72.8 Å². The van der Waals surface area contributed by atoms with E-state index in [1.165, 1.54) is 16.4 Å². The van der Waals surface area contributed by atoms with Crippen LogP contribution in [0.5, 0.6) is 0 Å². The van der Waals surface area contributed by atoms with Crippen molar-refractivity contribution in [3.63, 3.8) is 0 Å². The lowest BCUT2D eigenvalue weighted by molar-refractivity contribution is 0.509. The van der Waals surface area contributed by atoms with Crippen LogP contribution in [0.1, 0.15) is 18.1 Å². The van der Waals surface area contributed by atoms with Crippen LogP contribution in [0, 0.1) is 0 Å². The topological polar surface area (TPSA) is 82.8 Å². The minimum atomic E-state index is -0.0757. The summed E-state index contributed by atoms with van der Waals surface area (Å²) in [6.07, 6.45) is 1.81. The third-order valence-corrected chi connectivity index (χ3v) is 4.93. The number of hydrogen-bond acceptors (Lipinski definition) is 6. The quantitative estimate of drug-likeness (QED) is 0.423. The Hall–Kier alpha value is -3.06. The fraction of sp³-hybridized carbons (Fsp3) is 0.105. The lowest BCUT2D eigenvalue weighted by Gasteiger charge is -2.05. The second-order valence-corrected chi connectivity index (χ2v) is 7.06. The van der Waals surface area contributed by atoms with E-state index < -0.39 is 0 Å². The molecule has 130 valence electrons. The molecule has 2 N–H and O–H groups in total. The van der Waals surface area contributed by atoms with Crippen LogP contribution in [0.4, 0.5) is 0 Å². The SMILES string of the molecule is C[C@H](Sc1nc(-c2ccccc2)cn1N)c1nnc(-c2ccccc2)o1. The summed E-state index contributed by atoms with van der Waals surface area (Å²) in [6, 6.07) is 19.6. The van der Waals surface area contributed by atoms with Crippen LogP contribution in [0.2, 0.25) is 0 Å². The maximum absolute atomic E-state index is 6.07. The number of nitrogens with two attached hydrogens (primary N) is 1. The van der Waals surface area contributed by atoms with E-state index in [0.717, 1.165) is 16.8 Å². The molecular formula is C19H17N5OS. The number of aromatic nitrogens is 4. The molecule has 2 aromatic heterocycles. The summed E-state index contributed by atoms with van der Waals surface area (Å²) in [5, 5.41) is 8.92. The van der Waals surface area contributed by atoms with Crippen LogP contribution in [0.15, 0.2) is 76.4 Å². The Labute approximate surface area is 155 Å². The number of imidazole rings is 1. The molecule has 1 atom stereocenters. The molecule has 0 radical (unpaired) electrons. The van der Waals surface area contributed by atoms with E-state index in [-0.39, 0.29) is 5.25 Å². The Morgan fingerprint density at radius 1 is 0.962 bits per heavy atom. The summed E-state index contributed by atoms with van der Waals surface area (Å²) in [4.78, 5) is 4.62. The van der Waals surface area contributed by atoms with E-state index in [1.807, 2.05) is 73.8 Å². The highest BCUT2D eigenvalue weighted by molar-refractivity contribution is 7.99. The molecule has 0 spiro atoms. The zero-order valence-electron chi connectivity index (χ0n) is 14.1. The van der Waals surface area contributed by atoms with Gasteiger partial charge < -0.3 is 10.3 Å². The summed E-state index contributed by atoms with van der Waals surface area (Å²) >= 11 is 1.48. The Bertz CT molecular complexity index is 997. The van der Waals surface area contributed by atoms with E-state index >= 15 is 0 Å². The first-order valence-electron chi connectivity index (χ1n) is 8.16. The number of thioether (sulfide) groups is 1. The molecule has 2 heterocycles. The predicted molar refractivity (Wildman–Crippen MR) is 102 cm³/mol. The molecule has 7 heteroatoms. The third kappa shape index (κ3) is 3.34. The van der Waals surface area contributed by atoms with E-state index in [4.69, 9.17) is 10.3 Å². The predicted octanol–water partition coefficient (Wildman–Crippen LogP) is 4.17. The molecule has 0 bridgehead atoms. The van der Waals surface area contributed by atoms with Gasteiger partial charge in [-0.2, -0.15) is 0 Å². The van der Waals surface area contributed by atoms with Gasteiger partial charge in [-0.05, 0) is 19.1 Å². The van der Waals surface area contributed by atoms with Crippen LogP contribution >= 0.6 is 11.8 Å². The van der Waals surface area contributed by atoms with E-state index in [1.54, 1.807) is 0 Å². The first-order chi connectivity index (χ1) is 12.7. The van der Waals surface area contributed by atoms with Crippen molar-refractivity contribution >= 4 is 11.8 Å². The zero-order valence-corrected chi connectivity index (χ0v) is 14.9. The Morgan fingerprint density at radius 3 is 2.31 bits per heavy atom. The van der Waals surface area contributed by atoms with Gasteiger partial charge in [0.25, 0.3) is 0 Å². The van der Waals surface area contributed by atoms with Crippen molar-refractivity contribution in [1.29, 1.82) is 0 Å². The van der Waals surface area contributed by atoms with Crippen LogP contribution < -0.4 is 5.84 Å². The molecule has 0 saturated carbocycles. The zero-order chi connectivity index (χ0) is 17.9. The van der Waals surface area contributed by atoms with Gasteiger partial charge in [0.2, 0.25) is 11.8 Å². The molecule has 0 aliphatic carbocycles. The normalized spacial score (nSPS) is 12.2. The van der Waals surface area contributed by atoms with Gasteiger partial charge in [-0.25, -0.2) is 9.66 Å². The van der Waals surface area contributed by atoms with Crippen molar-refractivity contribution in [2.45, 2.75) is 17.3 Å². The molecule has 2 aromatic carbocycles. The molecule has 0 aliphatic rings. The van der Waals surface area contributed by atoms with Gasteiger partial charge in [-0.15, -0.1) is 10.2 Å². The average Bonchev–Trinajstić information content (AvgIpc) is 3.31. The maximum atomic E-state index is 6.07. The molecule has 0 fully saturated rings. The van der Waals surface area contributed by atoms with E-state index in [2.05, 4.69) is 15.2 Å². The van der Waals surface area contributed by atoms with E-state index in [0.29, 0.717) is 16.9 Å². The largest absolute Gasteiger partial charge is 0.419 e. The average molecular weight is 363 g/mol. The molecular weight excluding hydrogens is 346 g/mol. The summed E-state index contributed by atoms with van der Waals surface area (Å²) < 4.78 is 7.34. The summed E-state index contributed by atoms with van der Waals surface area (Å²) in [7, 11) is 0. The Balaban J connectivity index is 1.53. The number of nitrogens with zero attached hydrogens (tertiary/aromatic N) is 4. The molecule has 6 nitrogen and oxygen atoms in total. The number of benzene rings is 2. The van der Waals surface area contributed by atoms with Gasteiger partial charge >= 0.3 is 0 Å². The van der Waals surface area contributed by atoms with Crippen molar-refractivity contribution in [1.82, 2.24) is 19.9 Å². The molecule has 0 aliphatic heterocycles. The number of nitrogen functional groups attached to an aromatic ring is 1. The number of rotatable bonds is 5. The molecule has 4 aromatic rings. The molecule has 0 amide bonds. The highest BCUT2D eigenvalue weighted by atomic mass is 32.2. The summed E-state index contributed by atoms with van der Waals surface area (Å²) in [6.45, 7) is 1.99. The second kappa shape index (κ2) is 7.05. The Kier molecular flexibility index (Phi) is 4.45. The van der Waals surface area contributed by atoms with Crippen LogP contribution in [-0.2, 0) is 0 Å². The van der Waals surface area contributed by atoms with Crippen molar-refractivity contribution in [2.75, 3.05) is 5.84 Å². The van der Waals surface area contributed by atoms with Gasteiger partial charge in [-0.3, -0.25) is 0 Å². The minimum Gasteiger partial charge on any atom is -0.419 e. The fourth-order valence-corrected chi connectivity index (χ4v) is 3.35. The molecule has 0 saturated heterocycles. The maximum Gasteiger partial charge on any atom is 0.247 e. The van der Waals surface area contributed by atoms with Gasteiger partial charge in [0.05, 0.1) is 17.1 Å². The third-order valence-electron chi connectivity index (χ3n) is 3.86. The summed E-state index contributed by atoms with van der Waals surface area (Å²) in [5.74, 6) is 7.12. The van der Waals surface area contributed by atoms with Crippen molar-refractivity contribution in [3.8, 4) is 22.7 Å². The van der Waals surface area contributed by atoms with Gasteiger partial charge in [0.15, 0.2) is 5.16 Å². The molecule has 0 unspecified atom stereocenters. The lowest BCUT2D eigenvalue weighted by atomic mass is 10.2. The Morgan fingerprint density at radius 2 is 1.62 bits per heavy atom. The standard InChI is InChI=1S/C19H17N5OS/c1-13(17-22-23-18(25-17)15-10-6-3-7-11-15)26-19-21-16(12-24(19)20)14-8-4-2-5-9-14/h2-13H,20H2,1H3/t13-/m0/s1. The monoisotopic (exact) mass is 363 g/mol. The molecule has 4 rings (SSSR count). The lowest BCUT2D eigenvalue weighted by Crippen LogP contribution is -2.08. The summed E-state index contributed by atoms with van der Waals surface area (Å²) in [5.41, 5.74) is 2.75. The second-order valence-electron chi connectivity index (χ2n) is 5.75. The van der Waals surface area contributed by atoms with Crippen molar-refractivity contribution in [2.24, 2.45) is 0 Å². The fourth-order valence-electron chi connectivity index (χ4n) is 2.52. The highest BCUT2D eigenvalue weighted by Crippen LogP contribution is 2.35. The van der Waals surface area contributed by atoms with Crippen LogP contribution in [0.25, 0.3) is 22.7 Å². The van der Waals surface area contributed by atoms with Gasteiger partial charge in [0.1, 0.15) is 0 Å². The first-order valence-corrected chi connectivity index (χ1v) is 9.04. The van der Waals surface area contributed by atoms with Gasteiger partial charge in [0, 0.05) is 11.1 Å². The molecule has 26 heavy (non-hydrogen) atoms. The first kappa shape index (κ1) is 16.4. The number of hydrogen-bond donors (Lipinski definition) is 1. The van der Waals surface area contributed by atoms with Crippen molar-refractivity contribution < 1.29 is 4.42 Å². The minimum absolute atomic E-state index is 0.0757. The van der Waals surface area contributed by atoms with Crippen LogP contribution in [0.3, 0.4) is 0 Å². The smallest absolute Gasteiger partial charge is 0.247 e. The van der Waals surface area contributed by atoms with Crippen LogP contribution in [-0.4, -0.2) is 19.9 Å². The van der Waals surface area contributed by atoms with E-state index in [9.17, 15) is 0 Å².